The van der Waals surface area contributed by atoms with Gasteiger partial charge in [0.25, 0.3) is 0 Å². The Morgan fingerprint density at radius 1 is 1.25 bits per heavy atom. The van der Waals surface area contributed by atoms with Crippen LogP contribution >= 0.6 is 0 Å². The fourth-order valence-electron chi connectivity index (χ4n) is 1.34. The van der Waals surface area contributed by atoms with Gasteiger partial charge in [-0.1, -0.05) is 0 Å². The topological polar surface area (TPSA) is 113 Å². The molecule has 1 rings (SSSR count). The molecule has 4 N–H and O–H groups in total. The number of urea groups is 1. The Morgan fingerprint density at radius 3 is 2.45 bits per heavy atom. The molecule has 108 valence electrons. The molecule has 0 saturated heterocycles. The number of primary amides is 1. The number of hydrogen-bond donors (Lipinski definition) is 3. The highest BCUT2D eigenvalue weighted by atomic mass is 19.1. The van der Waals surface area contributed by atoms with Gasteiger partial charge in [-0.3, -0.25) is 9.59 Å². The maximum Gasteiger partial charge on any atom is 0.323 e. The Hall–Kier alpha value is -2.71. The standard InChI is InChI=1S/C11H11F2N3O4/c12-6-1-2-7(13)8(3-6)15-11(20)16(4-9(14)17)5-10(18)19/h1-3H,4-5H2,(H2,14,17)(H,15,20)(H,18,19). The minimum Gasteiger partial charge on any atom is -0.480 e. The van der Waals surface area contributed by atoms with Crippen LogP contribution in [0.5, 0.6) is 0 Å². The van der Waals surface area contributed by atoms with Crippen molar-refractivity contribution < 1.29 is 28.3 Å². The van der Waals surface area contributed by atoms with Crippen molar-refractivity contribution in [3.63, 3.8) is 0 Å². The van der Waals surface area contributed by atoms with E-state index in [2.05, 4.69) is 0 Å². The largest absolute Gasteiger partial charge is 0.480 e. The fourth-order valence-corrected chi connectivity index (χ4v) is 1.34. The van der Waals surface area contributed by atoms with E-state index in [0.717, 1.165) is 18.2 Å². The third-order valence-corrected chi connectivity index (χ3v) is 2.13. The smallest absolute Gasteiger partial charge is 0.323 e. The van der Waals surface area contributed by atoms with Crippen LogP contribution < -0.4 is 11.1 Å². The molecule has 0 unspecified atom stereocenters. The molecule has 7 nitrogen and oxygen atoms in total. The molecule has 0 radical (unpaired) electrons. The molecular formula is C11H11F2N3O4. The summed E-state index contributed by atoms with van der Waals surface area (Å²) in [5.74, 6) is -4.03. The highest BCUT2D eigenvalue weighted by Crippen LogP contribution is 2.15. The second-order valence-electron chi connectivity index (χ2n) is 3.77. The summed E-state index contributed by atoms with van der Waals surface area (Å²) in [5, 5.41) is 10.6. The number of benzene rings is 1. The van der Waals surface area contributed by atoms with Crippen LogP contribution in [0.25, 0.3) is 0 Å². The number of nitrogens with one attached hydrogen (secondary N) is 1. The van der Waals surface area contributed by atoms with Gasteiger partial charge in [0.1, 0.15) is 24.7 Å². The van der Waals surface area contributed by atoms with Gasteiger partial charge >= 0.3 is 12.0 Å². The normalized spacial score (nSPS) is 9.90. The van der Waals surface area contributed by atoms with Crippen molar-refractivity contribution in [3.05, 3.63) is 29.8 Å². The fraction of sp³-hybridized carbons (Fsp3) is 0.182. The van der Waals surface area contributed by atoms with Gasteiger partial charge in [-0.2, -0.15) is 0 Å². The molecule has 0 spiro atoms. The van der Waals surface area contributed by atoms with Crippen molar-refractivity contribution in [2.75, 3.05) is 18.4 Å². The van der Waals surface area contributed by atoms with Gasteiger partial charge < -0.3 is 21.1 Å². The van der Waals surface area contributed by atoms with Crippen molar-refractivity contribution in [3.8, 4) is 0 Å². The number of hydrogen-bond acceptors (Lipinski definition) is 3. The van der Waals surface area contributed by atoms with Crippen LogP contribution in [0, 0.1) is 11.6 Å². The number of rotatable bonds is 5. The lowest BCUT2D eigenvalue weighted by molar-refractivity contribution is -0.137. The van der Waals surface area contributed by atoms with Crippen LogP contribution in [0.4, 0.5) is 19.3 Å². The van der Waals surface area contributed by atoms with Gasteiger partial charge in [0, 0.05) is 6.07 Å². The highest BCUT2D eigenvalue weighted by Gasteiger charge is 2.20. The molecule has 0 bridgehead atoms. The molecule has 20 heavy (non-hydrogen) atoms. The number of carbonyl (C=O) groups excluding carboxylic acids is 2. The first-order valence-electron chi connectivity index (χ1n) is 5.30. The van der Waals surface area contributed by atoms with Gasteiger partial charge in [0.15, 0.2) is 0 Å². The first-order chi connectivity index (χ1) is 9.29. The summed E-state index contributed by atoms with van der Waals surface area (Å²) in [6.45, 7) is -1.49. The van der Waals surface area contributed by atoms with E-state index in [4.69, 9.17) is 10.8 Å². The Morgan fingerprint density at radius 2 is 1.90 bits per heavy atom. The summed E-state index contributed by atoms with van der Waals surface area (Å²) in [6.07, 6.45) is 0. The second-order valence-corrected chi connectivity index (χ2v) is 3.77. The number of nitrogens with two attached hydrogens (primary N) is 1. The summed E-state index contributed by atoms with van der Waals surface area (Å²) in [7, 11) is 0. The second kappa shape index (κ2) is 6.45. The molecule has 1 aromatic carbocycles. The zero-order valence-electron chi connectivity index (χ0n) is 10.1. The predicted molar refractivity (Wildman–Crippen MR) is 63.8 cm³/mol. The zero-order chi connectivity index (χ0) is 15.3. The number of carboxylic acid groups (broad SMARTS) is 1. The molecule has 1 aromatic rings. The van der Waals surface area contributed by atoms with E-state index in [1.807, 2.05) is 5.32 Å². The Labute approximate surface area is 112 Å². The lowest BCUT2D eigenvalue weighted by atomic mass is 10.3. The van der Waals surface area contributed by atoms with Crippen LogP contribution in [0.1, 0.15) is 0 Å². The van der Waals surface area contributed by atoms with E-state index in [0.29, 0.717) is 4.90 Å². The summed E-state index contributed by atoms with van der Waals surface area (Å²) in [6, 6.07) is 1.27. The third-order valence-electron chi connectivity index (χ3n) is 2.13. The van der Waals surface area contributed by atoms with E-state index in [9.17, 15) is 23.2 Å². The highest BCUT2D eigenvalue weighted by molar-refractivity contribution is 5.94. The number of nitrogens with zero attached hydrogens (tertiary/aromatic N) is 1. The minimum atomic E-state index is -1.39. The molecule has 0 saturated carbocycles. The van der Waals surface area contributed by atoms with Gasteiger partial charge in [0.05, 0.1) is 5.69 Å². The number of carbonyl (C=O) groups is 3. The Bertz CT molecular complexity index is 534. The zero-order valence-corrected chi connectivity index (χ0v) is 10.1. The number of halogens is 2. The minimum absolute atomic E-state index is 0.477. The first kappa shape index (κ1) is 15.3. The van der Waals surface area contributed by atoms with Crippen molar-refractivity contribution in [2.24, 2.45) is 5.73 Å². The van der Waals surface area contributed by atoms with E-state index in [1.165, 1.54) is 0 Å². The van der Waals surface area contributed by atoms with Crippen LogP contribution in [-0.2, 0) is 9.59 Å². The molecule has 9 heteroatoms. The molecular weight excluding hydrogens is 276 g/mol. The summed E-state index contributed by atoms with van der Waals surface area (Å²) in [5.41, 5.74) is 4.39. The van der Waals surface area contributed by atoms with E-state index in [-0.39, 0.29) is 0 Å². The van der Waals surface area contributed by atoms with Gasteiger partial charge in [0.2, 0.25) is 5.91 Å². The van der Waals surface area contributed by atoms with Gasteiger partial charge in [-0.25, -0.2) is 13.6 Å². The average molecular weight is 287 g/mol. The predicted octanol–water partition coefficient (Wildman–Crippen LogP) is 0.369. The summed E-state index contributed by atoms with van der Waals surface area (Å²) in [4.78, 5) is 33.6. The van der Waals surface area contributed by atoms with Crippen molar-refractivity contribution >= 4 is 23.6 Å². The van der Waals surface area contributed by atoms with Crippen LogP contribution in [0.2, 0.25) is 0 Å². The summed E-state index contributed by atoms with van der Waals surface area (Å²) < 4.78 is 26.2. The van der Waals surface area contributed by atoms with E-state index < -0.39 is 48.3 Å². The Balaban J connectivity index is 2.86. The quantitative estimate of drug-likeness (QED) is 0.726. The lowest BCUT2D eigenvalue weighted by Gasteiger charge is -2.19. The van der Waals surface area contributed by atoms with Gasteiger partial charge in [-0.05, 0) is 12.1 Å². The van der Waals surface area contributed by atoms with Crippen molar-refractivity contribution in [1.82, 2.24) is 4.90 Å². The van der Waals surface area contributed by atoms with Gasteiger partial charge in [-0.15, -0.1) is 0 Å². The van der Waals surface area contributed by atoms with Crippen LogP contribution in [0.15, 0.2) is 18.2 Å². The van der Waals surface area contributed by atoms with Crippen LogP contribution in [-0.4, -0.2) is 41.0 Å². The molecule has 0 heterocycles. The third kappa shape index (κ3) is 4.52. The van der Waals surface area contributed by atoms with E-state index in [1.54, 1.807) is 0 Å². The number of anilines is 1. The average Bonchev–Trinajstić information content (AvgIpc) is 2.31. The maximum absolute atomic E-state index is 13.3. The first-order valence-corrected chi connectivity index (χ1v) is 5.30. The lowest BCUT2D eigenvalue weighted by Crippen LogP contribution is -2.43. The molecule has 0 aromatic heterocycles. The number of amides is 3. The molecule has 0 aliphatic heterocycles. The summed E-state index contributed by atoms with van der Waals surface area (Å²) >= 11 is 0. The molecule has 0 aliphatic rings. The number of aliphatic carboxylic acids is 1. The molecule has 3 amide bonds. The molecule has 0 fully saturated rings. The SMILES string of the molecule is NC(=O)CN(CC(=O)O)C(=O)Nc1cc(F)ccc1F. The van der Waals surface area contributed by atoms with Crippen molar-refractivity contribution in [2.45, 2.75) is 0 Å². The van der Waals surface area contributed by atoms with Crippen molar-refractivity contribution in [1.29, 1.82) is 0 Å². The monoisotopic (exact) mass is 287 g/mol. The Kier molecular flexibility index (Phi) is 4.95. The van der Waals surface area contributed by atoms with Crippen LogP contribution in [0.3, 0.4) is 0 Å². The molecule has 0 aliphatic carbocycles. The number of carboxylic acids is 1. The molecule has 0 atom stereocenters. The van der Waals surface area contributed by atoms with E-state index >= 15 is 0 Å². The maximum atomic E-state index is 13.3.